The molecule has 0 spiro atoms. The summed E-state index contributed by atoms with van der Waals surface area (Å²) in [7, 11) is 1.66. The molecule has 16 heteroatoms. The average molecular weight is 593 g/mol. The minimum Gasteiger partial charge on any atom is -0.477 e. The van der Waals surface area contributed by atoms with Crippen LogP contribution in [0.1, 0.15) is 32.9 Å². The first kappa shape index (κ1) is 29.1. The summed E-state index contributed by atoms with van der Waals surface area (Å²) in [6.07, 6.45) is 2.02. The number of carbonyl (C=O) groups excluding carboxylic acids is 4. The average Bonchev–Trinajstić information content (AvgIpc) is 3.43. The molecule has 4 rings (SSSR count). The van der Waals surface area contributed by atoms with Gasteiger partial charge in [0.1, 0.15) is 28.4 Å². The molecule has 4 heterocycles. The number of likely N-dealkylation sites (tertiary alicyclic amines) is 1. The highest BCUT2D eigenvalue weighted by Gasteiger charge is 2.54. The van der Waals surface area contributed by atoms with Crippen LogP contribution in [-0.2, 0) is 33.5 Å². The zero-order valence-corrected chi connectivity index (χ0v) is 23.8. The maximum Gasteiger partial charge on any atom is 0.352 e. The SMILES string of the molecule is CN1CCC(=CC2=C(C(=O)O)N3C(=O)C(NC(=O)C(=NOCC(=O)OC(C)(C)C)c4csc(N)n4)C3SC2)C1=O. The number of allylic oxidation sites excluding steroid dienone is 1. The van der Waals surface area contributed by atoms with Crippen molar-refractivity contribution in [2.75, 3.05) is 31.7 Å². The number of aromatic nitrogens is 1. The Morgan fingerprint density at radius 3 is 2.62 bits per heavy atom. The molecule has 3 aliphatic rings. The summed E-state index contributed by atoms with van der Waals surface area (Å²) in [6.45, 7) is 5.01. The molecule has 0 radical (unpaired) electrons. The summed E-state index contributed by atoms with van der Waals surface area (Å²) in [5.74, 6) is -3.47. The summed E-state index contributed by atoms with van der Waals surface area (Å²) in [4.78, 5) is 74.4. The van der Waals surface area contributed by atoms with Gasteiger partial charge in [-0.25, -0.2) is 14.6 Å². The summed E-state index contributed by atoms with van der Waals surface area (Å²) in [6, 6.07) is -1.06. The Balaban J connectivity index is 1.51. The number of amides is 3. The van der Waals surface area contributed by atoms with E-state index in [2.05, 4.69) is 15.5 Å². The van der Waals surface area contributed by atoms with E-state index < -0.39 is 47.4 Å². The number of carboxylic acids is 1. The van der Waals surface area contributed by atoms with Crippen LogP contribution in [0.25, 0.3) is 0 Å². The van der Waals surface area contributed by atoms with Gasteiger partial charge in [0.25, 0.3) is 11.8 Å². The molecular weight excluding hydrogens is 564 g/mol. The Hall–Kier alpha value is -3.92. The van der Waals surface area contributed by atoms with Crippen LogP contribution in [0.3, 0.4) is 0 Å². The van der Waals surface area contributed by atoms with E-state index in [4.69, 9.17) is 15.3 Å². The van der Waals surface area contributed by atoms with Crippen molar-refractivity contribution in [3.05, 3.63) is 34.0 Å². The quantitative estimate of drug-likeness (QED) is 0.124. The number of ether oxygens (including phenoxy) is 1. The standard InChI is InChI=1S/C24H28N6O8S2/c1-24(2,3)38-14(31)8-37-28-15(13-10-40-23(25)26-13)18(32)27-16-20(34)30-17(22(35)36)12(9-39-21(16)30)7-11-5-6-29(4)19(11)33/h7,10,16,21H,5-6,8-9H2,1-4H3,(H2,25,26)(H,27,32)(H,35,36). The van der Waals surface area contributed by atoms with Gasteiger partial charge in [0.15, 0.2) is 10.8 Å². The number of nitrogens with one attached hydrogen (secondary N) is 1. The number of β-lactam (4-membered cyclic amide) rings is 1. The molecule has 214 valence electrons. The molecule has 0 aromatic carbocycles. The van der Waals surface area contributed by atoms with Crippen LogP contribution in [0.15, 0.2) is 33.5 Å². The van der Waals surface area contributed by atoms with Crippen LogP contribution in [0, 0.1) is 0 Å². The van der Waals surface area contributed by atoms with E-state index in [0.717, 1.165) is 16.2 Å². The largest absolute Gasteiger partial charge is 0.477 e. The number of oxime groups is 1. The number of carbonyl (C=O) groups is 5. The molecule has 1 aromatic heterocycles. The van der Waals surface area contributed by atoms with E-state index in [-0.39, 0.29) is 33.9 Å². The fraction of sp³-hybridized carbons (Fsp3) is 0.458. The molecule has 2 fully saturated rings. The van der Waals surface area contributed by atoms with Crippen molar-refractivity contribution < 1.29 is 38.7 Å². The summed E-state index contributed by atoms with van der Waals surface area (Å²) in [5, 5.41) is 17.1. The number of hydrogen-bond acceptors (Lipinski definition) is 12. The minimum absolute atomic E-state index is 0.0651. The number of likely N-dealkylation sites (N-methyl/N-ethyl adjacent to an activating group) is 1. The maximum atomic E-state index is 13.2. The minimum atomic E-state index is -1.31. The van der Waals surface area contributed by atoms with Gasteiger partial charge in [-0.1, -0.05) is 5.16 Å². The number of aliphatic carboxylic acids is 1. The summed E-state index contributed by atoms with van der Waals surface area (Å²) < 4.78 is 5.15. The molecular formula is C24H28N6O8S2. The summed E-state index contributed by atoms with van der Waals surface area (Å²) >= 11 is 2.30. The molecule has 1 aromatic rings. The predicted molar refractivity (Wildman–Crippen MR) is 145 cm³/mol. The smallest absolute Gasteiger partial charge is 0.352 e. The molecule has 3 amide bonds. The lowest BCUT2D eigenvalue weighted by molar-refractivity contribution is -0.160. The highest BCUT2D eigenvalue weighted by Crippen LogP contribution is 2.41. The van der Waals surface area contributed by atoms with Crippen molar-refractivity contribution in [3.63, 3.8) is 0 Å². The van der Waals surface area contributed by atoms with Gasteiger partial charge in [-0.15, -0.1) is 23.1 Å². The first-order valence-corrected chi connectivity index (χ1v) is 14.0. The molecule has 14 nitrogen and oxygen atoms in total. The highest BCUT2D eigenvalue weighted by molar-refractivity contribution is 8.00. The Morgan fingerprint density at radius 1 is 1.32 bits per heavy atom. The van der Waals surface area contributed by atoms with E-state index in [9.17, 15) is 29.1 Å². The molecule has 0 bridgehead atoms. The molecule has 0 aliphatic carbocycles. The summed E-state index contributed by atoms with van der Waals surface area (Å²) in [5.41, 5.74) is 5.28. The maximum absolute atomic E-state index is 13.2. The number of nitrogens with two attached hydrogens (primary N) is 1. The number of thioether (sulfide) groups is 1. The lowest BCUT2D eigenvalue weighted by atomic mass is 10.0. The highest BCUT2D eigenvalue weighted by atomic mass is 32.2. The van der Waals surface area contributed by atoms with Crippen molar-refractivity contribution in [1.29, 1.82) is 0 Å². The van der Waals surface area contributed by atoms with Gasteiger partial charge >= 0.3 is 11.9 Å². The zero-order valence-electron chi connectivity index (χ0n) is 22.1. The van der Waals surface area contributed by atoms with Gasteiger partial charge in [0.2, 0.25) is 12.5 Å². The second-order valence-electron chi connectivity index (χ2n) is 10.1. The third kappa shape index (κ3) is 6.12. The van der Waals surface area contributed by atoms with Crippen LogP contribution in [0.5, 0.6) is 0 Å². The number of hydrogen-bond donors (Lipinski definition) is 3. The number of nitrogens with zero attached hydrogens (tertiary/aromatic N) is 4. The van der Waals surface area contributed by atoms with Crippen LogP contribution < -0.4 is 11.1 Å². The number of carboxylic acid groups (broad SMARTS) is 1. The van der Waals surface area contributed by atoms with Crippen LogP contribution >= 0.6 is 23.1 Å². The lowest BCUT2D eigenvalue weighted by Crippen LogP contribution is -2.71. The van der Waals surface area contributed by atoms with Crippen molar-refractivity contribution in [2.45, 2.75) is 44.2 Å². The van der Waals surface area contributed by atoms with E-state index >= 15 is 0 Å². The van der Waals surface area contributed by atoms with Crippen LogP contribution in [0.4, 0.5) is 5.13 Å². The Kier molecular flexibility index (Phi) is 8.20. The van der Waals surface area contributed by atoms with Gasteiger partial charge in [-0.2, -0.15) is 0 Å². The fourth-order valence-electron chi connectivity index (χ4n) is 4.17. The van der Waals surface area contributed by atoms with Gasteiger partial charge < -0.3 is 30.6 Å². The van der Waals surface area contributed by atoms with Gasteiger partial charge in [0.05, 0.1) is 0 Å². The van der Waals surface area contributed by atoms with Crippen LogP contribution in [-0.4, -0.2) is 98.2 Å². The topological polar surface area (TPSA) is 194 Å². The van der Waals surface area contributed by atoms with Gasteiger partial charge in [-0.05, 0) is 38.8 Å². The van der Waals surface area contributed by atoms with Crippen molar-refractivity contribution in [1.82, 2.24) is 20.1 Å². The Morgan fingerprint density at radius 2 is 2.05 bits per heavy atom. The second-order valence-corrected chi connectivity index (χ2v) is 12.1. The Bertz CT molecular complexity index is 1360. The number of anilines is 1. The number of nitrogen functional groups attached to an aromatic ring is 1. The second kappa shape index (κ2) is 11.3. The van der Waals surface area contributed by atoms with Gasteiger partial charge in [0, 0.05) is 30.3 Å². The van der Waals surface area contributed by atoms with E-state index in [1.807, 2.05) is 0 Å². The molecule has 0 saturated carbocycles. The molecule has 4 N–H and O–H groups in total. The molecule has 2 atom stereocenters. The number of esters is 1. The normalized spacial score (nSPS) is 22.3. The van der Waals surface area contributed by atoms with Crippen molar-refractivity contribution in [3.8, 4) is 0 Å². The lowest BCUT2D eigenvalue weighted by Gasteiger charge is -2.49. The third-order valence-corrected chi connectivity index (χ3v) is 7.89. The predicted octanol–water partition coefficient (Wildman–Crippen LogP) is 0.315. The molecule has 3 aliphatic heterocycles. The number of rotatable bonds is 8. The number of fused-ring (bicyclic) bond motifs is 1. The van der Waals surface area contributed by atoms with Crippen molar-refractivity contribution >= 4 is 63.6 Å². The first-order chi connectivity index (χ1) is 18.8. The van der Waals surface area contributed by atoms with Gasteiger partial charge in [-0.3, -0.25) is 19.3 Å². The van der Waals surface area contributed by atoms with E-state index in [0.29, 0.717) is 24.1 Å². The first-order valence-electron chi connectivity index (χ1n) is 12.1. The van der Waals surface area contributed by atoms with Crippen molar-refractivity contribution in [2.24, 2.45) is 5.16 Å². The fourth-order valence-corrected chi connectivity index (χ4v) is 6.02. The Labute approximate surface area is 237 Å². The van der Waals surface area contributed by atoms with E-state index in [1.165, 1.54) is 28.1 Å². The monoisotopic (exact) mass is 592 g/mol. The van der Waals surface area contributed by atoms with E-state index in [1.54, 1.807) is 27.8 Å². The third-order valence-electron chi connectivity index (χ3n) is 5.91. The van der Waals surface area contributed by atoms with Crippen LogP contribution in [0.2, 0.25) is 0 Å². The zero-order chi connectivity index (χ0) is 29.4. The molecule has 2 saturated heterocycles. The molecule has 40 heavy (non-hydrogen) atoms. The molecule has 2 unspecified atom stereocenters. The number of thiazole rings is 1.